The number of carbonyl (C=O) groups is 1. The van der Waals surface area contributed by atoms with Gasteiger partial charge in [-0.2, -0.15) is 0 Å². The Morgan fingerprint density at radius 3 is 2.83 bits per heavy atom. The van der Waals surface area contributed by atoms with E-state index in [9.17, 15) is 4.79 Å². The maximum atomic E-state index is 11.1. The van der Waals surface area contributed by atoms with Gasteiger partial charge in [0.25, 0.3) is 5.91 Å². The van der Waals surface area contributed by atoms with Crippen LogP contribution in [-0.4, -0.2) is 41.7 Å². The Labute approximate surface area is 134 Å². The van der Waals surface area contributed by atoms with Crippen LogP contribution in [-0.2, 0) is 4.79 Å². The quantitative estimate of drug-likeness (QED) is 0.768. The highest BCUT2D eigenvalue weighted by Crippen LogP contribution is 2.37. The number of primary amides is 1. The number of aryl methyl sites for hydroxylation is 2. The number of benzene rings is 1. The Kier molecular flexibility index (Phi) is 4.38. The third-order valence-corrected chi connectivity index (χ3v) is 3.99. The van der Waals surface area contributed by atoms with Crippen LogP contribution < -0.4 is 20.5 Å². The van der Waals surface area contributed by atoms with Crippen molar-refractivity contribution in [1.82, 2.24) is 15.3 Å². The molecule has 1 aromatic heterocycles. The van der Waals surface area contributed by atoms with Crippen LogP contribution in [0.4, 0.5) is 0 Å². The third-order valence-electron chi connectivity index (χ3n) is 3.99. The predicted molar refractivity (Wildman–Crippen MR) is 86.8 cm³/mol. The summed E-state index contributed by atoms with van der Waals surface area (Å²) in [6.07, 6.45) is 2.00. The zero-order chi connectivity index (χ0) is 16.4. The number of nitrogens with zero attached hydrogens (tertiary/aromatic N) is 1. The van der Waals surface area contributed by atoms with Crippen molar-refractivity contribution in [2.75, 3.05) is 19.7 Å². The Bertz CT molecular complexity index is 720. The predicted octanol–water partition coefficient (Wildman–Crippen LogP) is 1.17. The molecule has 0 radical (unpaired) electrons. The summed E-state index contributed by atoms with van der Waals surface area (Å²) in [5.41, 5.74) is 7.82. The van der Waals surface area contributed by atoms with Crippen molar-refractivity contribution in [3.63, 3.8) is 0 Å². The van der Waals surface area contributed by atoms with E-state index in [0.29, 0.717) is 11.5 Å². The number of fused-ring (bicyclic) bond motifs is 1. The average molecular weight is 318 g/mol. The minimum Gasteiger partial charge on any atom is -0.486 e. The Hall–Kier alpha value is -2.28. The van der Waals surface area contributed by atoms with Gasteiger partial charge in [0.2, 0.25) is 0 Å². The molecule has 4 N–H and O–H groups in total. The molecule has 1 fully saturated rings. The van der Waals surface area contributed by atoms with Gasteiger partial charge in [-0.3, -0.25) is 4.79 Å². The van der Waals surface area contributed by atoms with Gasteiger partial charge in [0.15, 0.2) is 18.1 Å². The van der Waals surface area contributed by atoms with E-state index in [-0.39, 0.29) is 12.7 Å². The summed E-state index contributed by atoms with van der Waals surface area (Å²) in [4.78, 5) is 18.7. The van der Waals surface area contributed by atoms with Crippen LogP contribution >= 0.6 is 0 Å². The molecule has 0 saturated carbocycles. The molecule has 2 aromatic rings. The number of hydrogen-bond donors (Lipinski definition) is 3. The van der Waals surface area contributed by atoms with Crippen LogP contribution in [0.3, 0.4) is 0 Å². The van der Waals surface area contributed by atoms with Crippen LogP contribution in [0.25, 0.3) is 11.0 Å². The first-order valence-electron chi connectivity index (χ1n) is 7.83. The van der Waals surface area contributed by atoms with Crippen LogP contribution in [0.2, 0.25) is 0 Å². The zero-order valence-corrected chi connectivity index (χ0v) is 13.4. The molecule has 23 heavy (non-hydrogen) atoms. The van der Waals surface area contributed by atoms with Gasteiger partial charge >= 0.3 is 0 Å². The number of H-pyrrole nitrogens is 1. The molecule has 1 aromatic carbocycles. The number of aromatic nitrogens is 2. The summed E-state index contributed by atoms with van der Waals surface area (Å²) in [5, 5.41) is 3.31. The minimum atomic E-state index is -0.517. The van der Waals surface area contributed by atoms with Crippen molar-refractivity contribution < 1.29 is 14.3 Å². The van der Waals surface area contributed by atoms with Crippen molar-refractivity contribution in [3.05, 3.63) is 17.5 Å². The van der Waals surface area contributed by atoms with Gasteiger partial charge in [-0.05, 0) is 39.8 Å². The number of carbonyl (C=O) groups excluding carboxylic acids is 1. The average Bonchev–Trinajstić information content (AvgIpc) is 2.90. The Morgan fingerprint density at radius 1 is 1.39 bits per heavy atom. The van der Waals surface area contributed by atoms with E-state index in [0.717, 1.165) is 48.4 Å². The van der Waals surface area contributed by atoms with Crippen molar-refractivity contribution in [3.8, 4) is 11.5 Å². The number of nitrogens with one attached hydrogen (secondary N) is 2. The van der Waals surface area contributed by atoms with Gasteiger partial charge in [0.1, 0.15) is 11.9 Å². The summed E-state index contributed by atoms with van der Waals surface area (Å²) in [5.74, 6) is 1.48. The first-order chi connectivity index (χ1) is 11.0. The molecular formula is C16H22N4O3. The standard InChI is InChI=1S/C16H22N4O3/c1-9-15-12(19-10(2)20-15)7-13(22-8-14(17)21)16(9)23-11-3-5-18-6-4-11/h7,11,18H,3-6,8H2,1-2H3,(H2,17,21)(H,19,20). The Balaban J connectivity index is 1.97. The largest absolute Gasteiger partial charge is 0.486 e. The number of imidazole rings is 1. The van der Waals surface area contributed by atoms with Gasteiger partial charge in [-0.25, -0.2) is 4.98 Å². The number of piperidine rings is 1. The molecule has 0 aliphatic carbocycles. The molecule has 0 unspecified atom stereocenters. The number of hydrogen-bond acceptors (Lipinski definition) is 5. The topological polar surface area (TPSA) is 102 Å². The van der Waals surface area contributed by atoms with Crippen LogP contribution in [0, 0.1) is 13.8 Å². The molecule has 0 spiro atoms. The fraction of sp³-hybridized carbons (Fsp3) is 0.500. The summed E-state index contributed by atoms with van der Waals surface area (Å²) in [6, 6.07) is 1.82. The highest BCUT2D eigenvalue weighted by molar-refractivity contribution is 5.84. The van der Waals surface area contributed by atoms with Gasteiger partial charge < -0.3 is 25.5 Å². The maximum Gasteiger partial charge on any atom is 0.255 e. The van der Waals surface area contributed by atoms with Crippen LogP contribution in [0.1, 0.15) is 24.2 Å². The summed E-state index contributed by atoms with van der Waals surface area (Å²) in [7, 11) is 0. The van der Waals surface area contributed by atoms with E-state index in [1.54, 1.807) is 0 Å². The lowest BCUT2D eigenvalue weighted by atomic mass is 10.1. The van der Waals surface area contributed by atoms with E-state index >= 15 is 0 Å². The molecule has 0 atom stereocenters. The SMILES string of the molecule is Cc1nc2c(C)c(OC3CCNCC3)c(OCC(N)=O)cc2[nH]1. The van der Waals surface area contributed by atoms with Crippen molar-refractivity contribution in [2.24, 2.45) is 5.73 Å². The highest BCUT2D eigenvalue weighted by Gasteiger charge is 2.21. The summed E-state index contributed by atoms with van der Waals surface area (Å²) in [6.45, 7) is 5.55. The molecule has 7 heteroatoms. The normalized spacial score (nSPS) is 15.7. The monoisotopic (exact) mass is 318 g/mol. The molecule has 1 saturated heterocycles. The second kappa shape index (κ2) is 6.45. The summed E-state index contributed by atoms with van der Waals surface area (Å²) < 4.78 is 11.8. The maximum absolute atomic E-state index is 11.1. The number of nitrogens with two attached hydrogens (primary N) is 1. The minimum absolute atomic E-state index is 0.128. The van der Waals surface area contributed by atoms with E-state index < -0.39 is 5.91 Å². The Morgan fingerprint density at radius 2 is 2.13 bits per heavy atom. The summed E-state index contributed by atoms with van der Waals surface area (Å²) >= 11 is 0. The molecular weight excluding hydrogens is 296 g/mol. The van der Waals surface area contributed by atoms with Gasteiger partial charge in [-0.1, -0.05) is 0 Å². The van der Waals surface area contributed by atoms with Crippen molar-refractivity contribution >= 4 is 16.9 Å². The molecule has 7 nitrogen and oxygen atoms in total. The van der Waals surface area contributed by atoms with Gasteiger partial charge in [0, 0.05) is 11.6 Å². The van der Waals surface area contributed by atoms with Crippen molar-refractivity contribution in [1.29, 1.82) is 0 Å². The van der Waals surface area contributed by atoms with E-state index in [4.69, 9.17) is 15.2 Å². The van der Waals surface area contributed by atoms with Crippen LogP contribution in [0.15, 0.2) is 6.07 Å². The fourth-order valence-electron chi connectivity index (χ4n) is 2.87. The third kappa shape index (κ3) is 3.39. The number of aromatic amines is 1. The smallest absolute Gasteiger partial charge is 0.255 e. The van der Waals surface area contributed by atoms with E-state index in [1.165, 1.54) is 0 Å². The lowest BCUT2D eigenvalue weighted by Crippen LogP contribution is -2.34. The first-order valence-corrected chi connectivity index (χ1v) is 7.83. The molecule has 3 rings (SSSR count). The van der Waals surface area contributed by atoms with Crippen LogP contribution in [0.5, 0.6) is 11.5 Å². The van der Waals surface area contributed by atoms with Crippen molar-refractivity contribution in [2.45, 2.75) is 32.8 Å². The first kappa shape index (κ1) is 15.6. The fourth-order valence-corrected chi connectivity index (χ4v) is 2.87. The molecule has 0 bridgehead atoms. The second-order valence-electron chi connectivity index (χ2n) is 5.87. The highest BCUT2D eigenvalue weighted by atomic mass is 16.5. The van der Waals surface area contributed by atoms with E-state index in [2.05, 4.69) is 15.3 Å². The second-order valence-corrected chi connectivity index (χ2v) is 5.87. The zero-order valence-electron chi connectivity index (χ0n) is 13.4. The number of rotatable bonds is 5. The van der Waals surface area contributed by atoms with E-state index in [1.807, 2.05) is 19.9 Å². The number of ether oxygens (including phenoxy) is 2. The molecule has 1 aliphatic heterocycles. The molecule has 1 amide bonds. The molecule has 1 aliphatic rings. The number of amides is 1. The lowest BCUT2D eigenvalue weighted by Gasteiger charge is -2.25. The van der Waals surface area contributed by atoms with Gasteiger partial charge in [0.05, 0.1) is 11.0 Å². The lowest BCUT2D eigenvalue weighted by molar-refractivity contribution is -0.119. The molecule has 124 valence electrons. The van der Waals surface area contributed by atoms with Gasteiger partial charge in [-0.15, -0.1) is 0 Å². The molecule has 2 heterocycles.